The van der Waals surface area contributed by atoms with E-state index >= 15 is 0 Å². The molecule has 4 heavy (non-hydrogen) atoms. The molecule has 0 heterocycles. The summed E-state index contributed by atoms with van der Waals surface area (Å²) in [6.07, 6.45) is 0. The van der Waals surface area contributed by atoms with Gasteiger partial charge in [-0.25, -0.2) is 0 Å². The fourth-order valence-corrected chi connectivity index (χ4v) is 0. The molecule has 0 rings (SSSR count). The minimum atomic E-state index is 0. The van der Waals surface area contributed by atoms with E-state index in [1.54, 1.807) is 5.04 Å². The van der Waals surface area contributed by atoms with Gasteiger partial charge in [-0.2, -0.15) is 0 Å². The van der Waals surface area contributed by atoms with Crippen LogP contribution < -0.4 is 10.5 Å². The molecule has 0 unspecified atom stereocenters. The maximum atomic E-state index is 7.88. The van der Waals surface area contributed by atoms with Crippen LogP contribution in [0.1, 0.15) is 0 Å². The fraction of sp³-hybridized carbons (Fsp3) is 0. The third-order valence-corrected chi connectivity index (χ3v) is 0. The van der Waals surface area contributed by atoms with Crippen LogP contribution in [0, 0.1) is 0 Å². The Kier molecular flexibility index (Phi) is 19.9. The molecular formula is CaO3. The van der Waals surface area contributed by atoms with E-state index in [1.807, 2.05) is 0 Å². The monoisotopic (exact) mass is 87.9 g/mol. The van der Waals surface area contributed by atoms with Crippen molar-refractivity contribution in [2.45, 2.75) is 0 Å². The Morgan fingerprint density at radius 2 is 1.25 bits per heavy atom. The Hall–Kier alpha value is 1.14. The smallest absolute Gasteiger partial charge is 0.734 e. The van der Waals surface area contributed by atoms with E-state index in [2.05, 4.69) is 0 Å². The Bertz CT molecular complexity index is 3.25. The predicted molar refractivity (Wildman–Crippen MR) is 6.84 cm³/mol. The Labute approximate surface area is 53.1 Å². The van der Waals surface area contributed by atoms with E-state index in [9.17, 15) is 0 Å². The van der Waals surface area contributed by atoms with Crippen LogP contribution >= 0.6 is 0 Å². The molecule has 20 valence electrons. The van der Waals surface area contributed by atoms with Gasteiger partial charge < -0.3 is 15.6 Å². The maximum Gasteiger partial charge on any atom is 2.00 e. The molecule has 0 saturated carbocycles. The molecule has 0 aromatic heterocycles. The van der Waals surface area contributed by atoms with E-state index in [4.69, 9.17) is 10.5 Å². The first kappa shape index (κ1) is 8.94. The standard InChI is InChI=1S/Ca.H2O3/c;1-3-2/h;1-2H/q+2;/p-2. The van der Waals surface area contributed by atoms with Crippen molar-refractivity contribution < 1.29 is 15.6 Å². The molecule has 0 fully saturated rings. The Morgan fingerprint density at radius 3 is 1.25 bits per heavy atom. The molecule has 0 atom stereocenters. The van der Waals surface area contributed by atoms with Gasteiger partial charge in [0.05, 0.1) is 0 Å². The van der Waals surface area contributed by atoms with Crippen LogP contribution in [-0.2, 0) is 5.04 Å². The third-order valence-electron chi connectivity index (χ3n) is 0. The van der Waals surface area contributed by atoms with E-state index in [0.29, 0.717) is 0 Å². The summed E-state index contributed by atoms with van der Waals surface area (Å²) in [4.78, 5) is 0. The second-order valence-corrected chi connectivity index (χ2v) is 0.0680. The van der Waals surface area contributed by atoms with Crippen molar-refractivity contribution in [3.8, 4) is 0 Å². The minimum Gasteiger partial charge on any atom is -0.734 e. The van der Waals surface area contributed by atoms with Crippen molar-refractivity contribution in [3.63, 3.8) is 0 Å². The summed E-state index contributed by atoms with van der Waals surface area (Å²) >= 11 is 0. The molecule has 0 aliphatic rings. The van der Waals surface area contributed by atoms with Crippen molar-refractivity contribution in [1.29, 1.82) is 0 Å². The fourth-order valence-electron chi connectivity index (χ4n) is 0. The van der Waals surface area contributed by atoms with Gasteiger partial charge in [-0.05, 0) is 0 Å². The second kappa shape index (κ2) is 8.91. The molecular weight excluding hydrogens is 88.1 g/mol. The number of rotatable bonds is 0. The normalized spacial score (nSPS) is 4.50. The van der Waals surface area contributed by atoms with Gasteiger partial charge in [0.2, 0.25) is 0 Å². The first-order chi connectivity index (χ1) is 1.41. The van der Waals surface area contributed by atoms with Gasteiger partial charge in [-0.1, -0.05) is 0 Å². The second-order valence-electron chi connectivity index (χ2n) is 0.0680. The van der Waals surface area contributed by atoms with Crippen molar-refractivity contribution in [2.75, 3.05) is 0 Å². The quantitative estimate of drug-likeness (QED) is 0.182. The van der Waals surface area contributed by atoms with Crippen LogP contribution in [-0.4, -0.2) is 37.7 Å². The summed E-state index contributed by atoms with van der Waals surface area (Å²) in [5, 5.41) is 17.5. The molecule has 0 spiro atoms. The molecule has 0 aromatic rings. The van der Waals surface area contributed by atoms with Crippen LogP contribution in [0.3, 0.4) is 0 Å². The molecule has 0 aromatic carbocycles. The first-order valence-corrected chi connectivity index (χ1v) is 0.333. The van der Waals surface area contributed by atoms with E-state index in [-0.39, 0.29) is 37.7 Å². The molecule has 0 amide bonds. The molecule has 0 radical (unpaired) electrons. The van der Waals surface area contributed by atoms with Crippen molar-refractivity contribution in [3.05, 3.63) is 0 Å². The van der Waals surface area contributed by atoms with Gasteiger partial charge in [-0.15, -0.1) is 0 Å². The van der Waals surface area contributed by atoms with Crippen LogP contribution in [0.2, 0.25) is 0 Å². The molecule has 0 N–H and O–H groups in total. The zero-order chi connectivity index (χ0) is 2.71. The zero-order valence-corrected chi connectivity index (χ0v) is 4.14. The summed E-state index contributed by atoms with van der Waals surface area (Å²) in [5.41, 5.74) is 0. The van der Waals surface area contributed by atoms with Crippen LogP contribution in [0.15, 0.2) is 0 Å². The SMILES string of the molecule is [Ca+2].[O-]O[O-]. The predicted octanol–water partition coefficient (Wildman–Crippen LogP) is -2.83. The van der Waals surface area contributed by atoms with Crippen LogP contribution in [0.5, 0.6) is 0 Å². The molecule has 0 saturated heterocycles. The van der Waals surface area contributed by atoms with Crippen molar-refractivity contribution in [2.24, 2.45) is 0 Å². The van der Waals surface area contributed by atoms with E-state index in [0.717, 1.165) is 0 Å². The topological polar surface area (TPSA) is 55.3 Å². The molecule has 4 heteroatoms. The van der Waals surface area contributed by atoms with Gasteiger partial charge in [-0.3, -0.25) is 0 Å². The van der Waals surface area contributed by atoms with Crippen LogP contribution in [0.4, 0.5) is 0 Å². The summed E-state index contributed by atoms with van der Waals surface area (Å²) in [6.45, 7) is 0. The van der Waals surface area contributed by atoms with Gasteiger partial charge in [0, 0.05) is 0 Å². The zero-order valence-electron chi connectivity index (χ0n) is 1.93. The molecule has 0 aliphatic heterocycles. The van der Waals surface area contributed by atoms with Gasteiger partial charge in [0.25, 0.3) is 0 Å². The third kappa shape index (κ3) is 11.1. The number of hydrogen-bond acceptors (Lipinski definition) is 3. The largest absolute Gasteiger partial charge is 2.00 e. The van der Waals surface area contributed by atoms with E-state index < -0.39 is 0 Å². The average Bonchev–Trinajstić information content (AvgIpc) is 0.918. The molecule has 3 nitrogen and oxygen atoms in total. The maximum absolute atomic E-state index is 7.88. The van der Waals surface area contributed by atoms with E-state index in [1.165, 1.54) is 0 Å². The molecule has 0 aliphatic carbocycles. The summed E-state index contributed by atoms with van der Waals surface area (Å²) < 4.78 is 0. The average molecular weight is 88.1 g/mol. The first-order valence-electron chi connectivity index (χ1n) is 0.333. The van der Waals surface area contributed by atoms with Crippen LogP contribution in [0.25, 0.3) is 0 Å². The van der Waals surface area contributed by atoms with Gasteiger partial charge in [0.15, 0.2) is 0 Å². The minimum absolute atomic E-state index is 0. The number of hydrogen-bond donors (Lipinski definition) is 0. The van der Waals surface area contributed by atoms with Crippen molar-refractivity contribution >= 4 is 37.7 Å². The van der Waals surface area contributed by atoms with Gasteiger partial charge >= 0.3 is 37.7 Å². The van der Waals surface area contributed by atoms with Crippen molar-refractivity contribution in [1.82, 2.24) is 0 Å². The van der Waals surface area contributed by atoms with Gasteiger partial charge in [0.1, 0.15) is 0 Å². The summed E-state index contributed by atoms with van der Waals surface area (Å²) in [6, 6.07) is 0. The Morgan fingerprint density at radius 1 is 1.25 bits per heavy atom. The summed E-state index contributed by atoms with van der Waals surface area (Å²) in [5.74, 6) is 0. The summed E-state index contributed by atoms with van der Waals surface area (Å²) in [7, 11) is 0. The Balaban J connectivity index is 0. The molecule has 0 bridgehead atoms.